The third-order valence-corrected chi connectivity index (χ3v) is 6.22. The van der Waals surface area contributed by atoms with E-state index in [4.69, 9.17) is 11.6 Å². The van der Waals surface area contributed by atoms with Crippen molar-refractivity contribution in [3.63, 3.8) is 0 Å². The minimum absolute atomic E-state index is 0.104. The number of carbonyl (C=O) groups is 2. The van der Waals surface area contributed by atoms with E-state index < -0.39 is 10.0 Å². The van der Waals surface area contributed by atoms with Crippen molar-refractivity contribution in [1.82, 2.24) is 14.5 Å². The van der Waals surface area contributed by atoms with Gasteiger partial charge in [0.25, 0.3) is 0 Å². The van der Waals surface area contributed by atoms with E-state index in [1.54, 1.807) is 11.0 Å². The molecule has 0 unspecified atom stereocenters. The van der Waals surface area contributed by atoms with Crippen molar-refractivity contribution < 1.29 is 18.0 Å². The van der Waals surface area contributed by atoms with Gasteiger partial charge in [-0.3, -0.25) is 9.59 Å². The topological polar surface area (TPSA) is 86.8 Å². The van der Waals surface area contributed by atoms with Crippen molar-refractivity contribution in [2.24, 2.45) is 0 Å². The number of nitrogens with zero attached hydrogens (tertiary/aromatic N) is 2. The second-order valence-electron chi connectivity index (χ2n) is 5.83. The minimum atomic E-state index is -3.60. The van der Waals surface area contributed by atoms with Gasteiger partial charge in [0.1, 0.15) is 0 Å². The monoisotopic (exact) mass is 399 g/mol. The van der Waals surface area contributed by atoms with Crippen LogP contribution in [0, 0.1) is 0 Å². The molecule has 1 aliphatic heterocycles. The van der Waals surface area contributed by atoms with Gasteiger partial charge in [0, 0.05) is 50.6 Å². The van der Waals surface area contributed by atoms with Gasteiger partial charge in [0.2, 0.25) is 21.8 Å². The molecule has 26 heavy (non-hydrogen) atoms. The van der Waals surface area contributed by atoms with Gasteiger partial charge >= 0.3 is 0 Å². The highest BCUT2D eigenvalue weighted by atomic mass is 35.5. The number of nitrogens with one attached hydrogen (secondary N) is 1. The van der Waals surface area contributed by atoms with Crippen molar-refractivity contribution in [3.05, 3.63) is 41.9 Å². The predicted octanol–water partition coefficient (Wildman–Crippen LogP) is 1.26. The summed E-state index contributed by atoms with van der Waals surface area (Å²) in [7, 11) is -3.60. The summed E-state index contributed by atoms with van der Waals surface area (Å²) in [5, 5.41) is 3.08. The van der Waals surface area contributed by atoms with Gasteiger partial charge in [-0.15, -0.1) is 6.58 Å². The van der Waals surface area contributed by atoms with Crippen LogP contribution < -0.4 is 5.32 Å². The zero-order valence-electron chi connectivity index (χ0n) is 14.4. The van der Waals surface area contributed by atoms with Crippen molar-refractivity contribution in [2.75, 3.05) is 32.7 Å². The number of carbonyl (C=O) groups excluding carboxylic acids is 2. The molecule has 0 aromatic heterocycles. The van der Waals surface area contributed by atoms with Gasteiger partial charge in [-0.2, -0.15) is 4.31 Å². The van der Waals surface area contributed by atoms with Crippen LogP contribution in [0.15, 0.2) is 41.8 Å². The first-order valence-corrected chi connectivity index (χ1v) is 10.1. The molecule has 142 valence electrons. The molecule has 2 rings (SSSR count). The van der Waals surface area contributed by atoms with Crippen molar-refractivity contribution in [1.29, 1.82) is 0 Å². The summed E-state index contributed by atoms with van der Waals surface area (Å²) in [6.45, 7) is 4.93. The van der Waals surface area contributed by atoms with E-state index in [2.05, 4.69) is 11.9 Å². The summed E-state index contributed by atoms with van der Waals surface area (Å²) < 4.78 is 26.6. The smallest absolute Gasteiger partial charge is 0.243 e. The molecule has 1 saturated heterocycles. The lowest BCUT2D eigenvalue weighted by Crippen LogP contribution is -2.50. The zero-order valence-corrected chi connectivity index (χ0v) is 15.9. The summed E-state index contributed by atoms with van der Waals surface area (Å²) in [4.78, 5) is 25.5. The van der Waals surface area contributed by atoms with E-state index in [0.29, 0.717) is 24.7 Å². The number of sulfonamides is 1. The number of piperazine rings is 1. The standard InChI is InChI=1S/C17H22ClN3O4S/c1-2-9-19-16(22)7-8-17(23)20-10-12-21(13-11-20)26(24,25)15-5-3-14(18)4-6-15/h2-6H,1,7-13H2,(H,19,22). The number of rotatable bonds is 7. The molecule has 0 bridgehead atoms. The number of hydrogen-bond acceptors (Lipinski definition) is 4. The maximum Gasteiger partial charge on any atom is 0.243 e. The minimum Gasteiger partial charge on any atom is -0.353 e. The van der Waals surface area contributed by atoms with E-state index >= 15 is 0 Å². The molecule has 7 nitrogen and oxygen atoms in total. The number of amides is 2. The Labute approximate surface area is 158 Å². The third-order valence-electron chi connectivity index (χ3n) is 4.05. The summed E-state index contributed by atoms with van der Waals surface area (Å²) in [6.07, 6.45) is 1.78. The van der Waals surface area contributed by atoms with E-state index in [9.17, 15) is 18.0 Å². The van der Waals surface area contributed by atoms with Gasteiger partial charge in [-0.1, -0.05) is 17.7 Å². The molecule has 9 heteroatoms. The lowest BCUT2D eigenvalue weighted by atomic mass is 10.2. The number of hydrogen-bond donors (Lipinski definition) is 1. The van der Waals surface area contributed by atoms with Crippen LogP contribution in [-0.4, -0.2) is 62.2 Å². The average molecular weight is 400 g/mol. The molecule has 2 amide bonds. The van der Waals surface area contributed by atoms with Crippen LogP contribution in [0.5, 0.6) is 0 Å². The van der Waals surface area contributed by atoms with Crippen LogP contribution in [0.2, 0.25) is 5.02 Å². The highest BCUT2D eigenvalue weighted by Gasteiger charge is 2.30. The summed E-state index contributed by atoms with van der Waals surface area (Å²) >= 11 is 5.80. The molecule has 1 aromatic rings. The van der Waals surface area contributed by atoms with Crippen molar-refractivity contribution >= 4 is 33.4 Å². The predicted molar refractivity (Wildman–Crippen MR) is 99.2 cm³/mol. The highest BCUT2D eigenvalue weighted by molar-refractivity contribution is 7.89. The molecule has 0 spiro atoms. The molecule has 0 saturated carbocycles. The maximum absolute atomic E-state index is 12.6. The summed E-state index contributed by atoms with van der Waals surface area (Å²) in [5.74, 6) is -0.357. The molecular weight excluding hydrogens is 378 g/mol. The zero-order chi connectivity index (χ0) is 19.2. The molecule has 1 heterocycles. The maximum atomic E-state index is 12.6. The van der Waals surface area contributed by atoms with Crippen LogP contribution in [0.1, 0.15) is 12.8 Å². The quantitative estimate of drug-likeness (QED) is 0.699. The van der Waals surface area contributed by atoms with Crippen LogP contribution in [0.3, 0.4) is 0 Å². The van der Waals surface area contributed by atoms with Crippen LogP contribution >= 0.6 is 11.6 Å². The Morgan fingerprint density at radius 1 is 1.12 bits per heavy atom. The van der Waals surface area contributed by atoms with Gasteiger partial charge in [0.15, 0.2) is 0 Å². The first-order valence-electron chi connectivity index (χ1n) is 8.25. The van der Waals surface area contributed by atoms with E-state index in [0.717, 1.165) is 0 Å². The Morgan fingerprint density at radius 2 is 1.73 bits per heavy atom. The van der Waals surface area contributed by atoms with Crippen LogP contribution in [-0.2, 0) is 19.6 Å². The number of halogens is 1. The fraction of sp³-hybridized carbons (Fsp3) is 0.412. The largest absolute Gasteiger partial charge is 0.353 e. The highest BCUT2D eigenvalue weighted by Crippen LogP contribution is 2.20. The molecule has 0 radical (unpaired) electrons. The molecule has 0 aliphatic carbocycles. The Bertz CT molecular complexity index is 757. The Hall–Kier alpha value is -1.90. The Morgan fingerprint density at radius 3 is 2.31 bits per heavy atom. The third kappa shape index (κ3) is 5.30. The summed E-state index contributed by atoms with van der Waals surface area (Å²) in [5.41, 5.74) is 0. The first kappa shape index (κ1) is 20.4. The van der Waals surface area contributed by atoms with E-state index in [1.165, 1.54) is 28.6 Å². The van der Waals surface area contributed by atoms with Gasteiger partial charge < -0.3 is 10.2 Å². The van der Waals surface area contributed by atoms with Crippen LogP contribution in [0.4, 0.5) is 0 Å². The summed E-state index contributed by atoms with van der Waals surface area (Å²) in [6, 6.07) is 6.01. The Kier molecular flexibility index (Phi) is 7.19. The first-order chi connectivity index (χ1) is 12.3. The molecule has 1 N–H and O–H groups in total. The lowest BCUT2D eigenvalue weighted by molar-refractivity contribution is -0.134. The Balaban J connectivity index is 1.86. The van der Waals surface area contributed by atoms with E-state index in [1.807, 2.05) is 0 Å². The lowest BCUT2D eigenvalue weighted by Gasteiger charge is -2.34. The molecule has 1 aromatic carbocycles. The molecule has 0 atom stereocenters. The average Bonchev–Trinajstić information content (AvgIpc) is 2.64. The second-order valence-corrected chi connectivity index (χ2v) is 8.21. The number of benzene rings is 1. The SMILES string of the molecule is C=CCNC(=O)CCC(=O)N1CCN(S(=O)(=O)c2ccc(Cl)cc2)CC1. The molecule has 1 fully saturated rings. The van der Waals surface area contributed by atoms with Crippen molar-refractivity contribution in [2.45, 2.75) is 17.7 Å². The van der Waals surface area contributed by atoms with Crippen molar-refractivity contribution in [3.8, 4) is 0 Å². The van der Waals surface area contributed by atoms with Gasteiger partial charge in [-0.05, 0) is 24.3 Å². The molecular formula is C17H22ClN3O4S. The fourth-order valence-electron chi connectivity index (χ4n) is 2.59. The normalized spacial score (nSPS) is 15.5. The van der Waals surface area contributed by atoms with E-state index in [-0.39, 0.29) is 42.6 Å². The van der Waals surface area contributed by atoms with Gasteiger partial charge in [0.05, 0.1) is 4.90 Å². The van der Waals surface area contributed by atoms with Crippen LogP contribution in [0.25, 0.3) is 0 Å². The van der Waals surface area contributed by atoms with Gasteiger partial charge in [-0.25, -0.2) is 8.42 Å². The second kappa shape index (κ2) is 9.16. The fourth-order valence-corrected chi connectivity index (χ4v) is 4.13. The molecule has 1 aliphatic rings.